The van der Waals surface area contributed by atoms with Crippen LogP contribution in [0.2, 0.25) is 0 Å². The number of aliphatic carboxylic acids is 2. The van der Waals surface area contributed by atoms with Crippen LogP contribution in [-0.4, -0.2) is 71.6 Å². The summed E-state index contributed by atoms with van der Waals surface area (Å²) in [5, 5.41) is 26.4. The zero-order valence-electron chi connectivity index (χ0n) is 20.8. The highest BCUT2D eigenvalue weighted by Crippen LogP contribution is 2.61. The molecule has 1 aromatic carbocycles. The molecule has 8 nitrogen and oxygen atoms in total. The molecule has 3 rings (SSSR count). The number of likely N-dealkylation sites (N-methyl/N-ethyl adjacent to an activating group) is 1. The van der Waals surface area contributed by atoms with Gasteiger partial charge in [-0.2, -0.15) is 5.48 Å². The number of hydrogen-bond donors (Lipinski definition) is 4. The molecule has 4 atom stereocenters. The van der Waals surface area contributed by atoms with E-state index in [4.69, 9.17) is 24.6 Å². The van der Waals surface area contributed by atoms with E-state index >= 15 is 0 Å². The number of allylic oxidation sites excluding steroid dienone is 1. The van der Waals surface area contributed by atoms with Gasteiger partial charge in [-0.15, -0.1) is 0 Å². The van der Waals surface area contributed by atoms with Crippen LogP contribution >= 0.6 is 0 Å². The van der Waals surface area contributed by atoms with Crippen molar-refractivity contribution in [2.24, 2.45) is 11.3 Å². The molecule has 2 fully saturated rings. The molecular weight excluding hydrogens is 436 g/mol. The van der Waals surface area contributed by atoms with Gasteiger partial charge in [0, 0.05) is 18.5 Å². The number of carboxylic acid groups (broad SMARTS) is 2. The maximum absolute atomic E-state index is 11.6. The number of carboxylic acids is 2. The molecule has 2 aliphatic rings. The Kier molecular flexibility index (Phi) is 10.2. The highest BCUT2D eigenvalue weighted by Gasteiger charge is 2.58. The Hall–Kier alpha value is -2.26. The SMILES string of the molecule is CC(=C[C@H]1CC[C@]2(O)C[C@@H](c3ccccc3)CC[C@]12C)CNOCCN(C)C.O=C(O)C(=O)O. The first kappa shape index (κ1) is 28.0. The summed E-state index contributed by atoms with van der Waals surface area (Å²) in [6, 6.07) is 10.7. The lowest BCUT2D eigenvalue weighted by Crippen LogP contribution is -2.49. The van der Waals surface area contributed by atoms with Crippen molar-refractivity contribution in [2.45, 2.75) is 57.5 Å². The Bertz CT molecular complexity index is 831. The lowest BCUT2D eigenvalue weighted by molar-refractivity contribution is -0.159. The fourth-order valence-corrected chi connectivity index (χ4v) is 5.23. The summed E-state index contributed by atoms with van der Waals surface area (Å²) in [6.07, 6.45) is 7.52. The molecule has 0 unspecified atom stereocenters. The van der Waals surface area contributed by atoms with Gasteiger partial charge < -0.3 is 25.1 Å². The summed E-state index contributed by atoms with van der Waals surface area (Å²) in [5.74, 6) is -2.72. The first-order chi connectivity index (χ1) is 16.0. The van der Waals surface area contributed by atoms with Gasteiger partial charge in [0.25, 0.3) is 0 Å². The number of benzene rings is 1. The molecule has 0 saturated heterocycles. The smallest absolute Gasteiger partial charge is 0.414 e. The Balaban J connectivity index is 0.000000604. The second-order valence-corrected chi connectivity index (χ2v) is 10.0. The Labute approximate surface area is 202 Å². The molecule has 0 aromatic heterocycles. The van der Waals surface area contributed by atoms with Crippen LogP contribution in [0.1, 0.15) is 57.4 Å². The van der Waals surface area contributed by atoms with Crippen molar-refractivity contribution in [1.82, 2.24) is 10.4 Å². The van der Waals surface area contributed by atoms with Gasteiger partial charge in [0.15, 0.2) is 0 Å². The van der Waals surface area contributed by atoms with Crippen LogP contribution in [0, 0.1) is 11.3 Å². The number of rotatable bonds is 8. The van der Waals surface area contributed by atoms with Crippen molar-refractivity contribution in [3.63, 3.8) is 0 Å². The van der Waals surface area contributed by atoms with Crippen molar-refractivity contribution >= 4 is 11.9 Å². The van der Waals surface area contributed by atoms with Gasteiger partial charge in [-0.3, -0.25) is 0 Å². The van der Waals surface area contributed by atoms with Crippen LogP contribution in [-0.2, 0) is 14.4 Å². The number of hydroxylamine groups is 1. The number of hydrogen-bond acceptors (Lipinski definition) is 6. The first-order valence-corrected chi connectivity index (χ1v) is 11.9. The van der Waals surface area contributed by atoms with Crippen LogP contribution in [0.4, 0.5) is 0 Å². The van der Waals surface area contributed by atoms with E-state index < -0.39 is 17.5 Å². The van der Waals surface area contributed by atoms with Crippen LogP contribution in [0.3, 0.4) is 0 Å². The van der Waals surface area contributed by atoms with E-state index in [-0.39, 0.29) is 5.41 Å². The fourth-order valence-electron chi connectivity index (χ4n) is 5.23. The highest BCUT2D eigenvalue weighted by molar-refractivity contribution is 6.27. The van der Waals surface area contributed by atoms with E-state index in [9.17, 15) is 5.11 Å². The Morgan fingerprint density at radius 2 is 1.79 bits per heavy atom. The van der Waals surface area contributed by atoms with Crippen LogP contribution in [0.15, 0.2) is 42.0 Å². The summed E-state index contributed by atoms with van der Waals surface area (Å²) in [6.45, 7) is 6.81. The summed E-state index contributed by atoms with van der Waals surface area (Å²) < 4.78 is 0. The summed E-state index contributed by atoms with van der Waals surface area (Å²) in [7, 11) is 4.09. The van der Waals surface area contributed by atoms with E-state index in [1.807, 2.05) is 14.1 Å². The van der Waals surface area contributed by atoms with E-state index in [0.717, 1.165) is 45.2 Å². The predicted molar refractivity (Wildman–Crippen MR) is 130 cm³/mol. The Morgan fingerprint density at radius 1 is 1.15 bits per heavy atom. The zero-order chi connectivity index (χ0) is 25.4. The molecule has 2 saturated carbocycles. The monoisotopic (exact) mass is 476 g/mol. The molecule has 0 spiro atoms. The van der Waals surface area contributed by atoms with Crippen LogP contribution < -0.4 is 5.48 Å². The number of aliphatic hydroxyl groups is 1. The maximum atomic E-state index is 11.6. The second kappa shape index (κ2) is 12.4. The molecule has 0 aliphatic heterocycles. The van der Waals surface area contributed by atoms with Crippen LogP contribution in [0.5, 0.6) is 0 Å². The molecule has 0 amide bonds. The lowest BCUT2D eigenvalue weighted by Gasteiger charge is -2.49. The van der Waals surface area contributed by atoms with Gasteiger partial charge in [-0.1, -0.05) is 48.9 Å². The molecular formula is C26H40N2O6. The van der Waals surface area contributed by atoms with Crippen molar-refractivity contribution in [2.75, 3.05) is 33.8 Å². The first-order valence-electron chi connectivity index (χ1n) is 11.9. The van der Waals surface area contributed by atoms with Gasteiger partial charge in [-0.05, 0) is 70.5 Å². The minimum atomic E-state index is -1.82. The normalized spacial score (nSPS) is 28.7. The number of carbonyl (C=O) groups is 2. The molecule has 0 heterocycles. The largest absolute Gasteiger partial charge is 0.473 e. The number of nitrogens with zero attached hydrogens (tertiary/aromatic N) is 1. The third-order valence-corrected chi connectivity index (χ3v) is 7.38. The zero-order valence-corrected chi connectivity index (χ0v) is 20.8. The summed E-state index contributed by atoms with van der Waals surface area (Å²) in [5.41, 5.74) is 5.18. The Morgan fingerprint density at radius 3 is 2.38 bits per heavy atom. The maximum Gasteiger partial charge on any atom is 0.414 e. The third kappa shape index (κ3) is 7.37. The van der Waals surface area contributed by atoms with Crippen molar-refractivity contribution in [3.05, 3.63) is 47.5 Å². The van der Waals surface area contributed by atoms with Gasteiger partial charge >= 0.3 is 11.9 Å². The topological polar surface area (TPSA) is 119 Å². The van der Waals surface area contributed by atoms with Crippen LogP contribution in [0.25, 0.3) is 0 Å². The number of nitrogens with one attached hydrogen (secondary N) is 1. The third-order valence-electron chi connectivity index (χ3n) is 7.38. The predicted octanol–water partition coefficient (Wildman–Crippen LogP) is 3.29. The van der Waals surface area contributed by atoms with Gasteiger partial charge in [0.1, 0.15) is 0 Å². The van der Waals surface area contributed by atoms with E-state index in [2.05, 4.69) is 60.6 Å². The molecule has 0 radical (unpaired) electrons. The van der Waals surface area contributed by atoms with Gasteiger partial charge in [0.05, 0.1) is 12.2 Å². The molecule has 8 heteroatoms. The van der Waals surface area contributed by atoms with Crippen molar-refractivity contribution in [1.29, 1.82) is 0 Å². The fraction of sp³-hybridized carbons (Fsp3) is 0.615. The van der Waals surface area contributed by atoms with E-state index in [0.29, 0.717) is 18.4 Å². The van der Waals surface area contributed by atoms with Gasteiger partial charge in [-0.25, -0.2) is 9.59 Å². The molecule has 1 aromatic rings. The second-order valence-electron chi connectivity index (χ2n) is 10.0. The average molecular weight is 477 g/mol. The molecule has 2 aliphatic carbocycles. The lowest BCUT2D eigenvalue weighted by atomic mass is 9.59. The standard InChI is InChI=1S/C24H38N2O2.C2H2O4/c1-19(18-25-28-15-14-26(3)4)16-22-11-13-24(27)17-21(10-12-23(22,24)2)20-8-6-5-7-9-20;3-1(4)2(5)6/h5-9,16,21-22,25,27H,10-15,17-18H2,1-4H3;(H,3,4)(H,5,6)/t21-,22+,23+,24-;/m0./s1. The van der Waals surface area contributed by atoms with Crippen molar-refractivity contribution in [3.8, 4) is 0 Å². The molecule has 4 N–H and O–H groups in total. The minimum Gasteiger partial charge on any atom is -0.473 e. The minimum absolute atomic E-state index is 0.0225. The summed E-state index contributed by atoms with van der Waals surface area (Å²) >= 11 is 0. The molecule has 0 bridgehead atoms. The van der Waals surface area contributed by atoms with Crippen molar-refractivity contribution < 1.29 is 29.7 Å². The molecule has 190 valence electrons. The number of fused-ring (bicyclic) bond motifs is 1. The quantitative estimate of drug-likeness (QED) is 0.195. The summed E-state index contributed by atoms with van der Waals surface area (Å²) in [4.78, 5) is 25.8. The van der Waals surface area contributed by atoms with E-state index in [1.165, 1.54) is 11.1 Å². The van der Waals surface area contributed by atoms with Gasteiger partial charge in [0.2, 0.25) is 0 Å². The highest BCUT2D eigenvalue weighted by atomic mass is 16.6. The van der Waals surface area contributed by atoms with E-state index in [1.54, 1.807) is 0 Å². The molecule has 34 heavy (non-hydrogen) atoms. The average Bonchev–Trinajstić information content (AvgIpc) is 3.04.